The molecule has 0 aliphatic carbocycles. The van der Waals surface area contributed by atoms with E-state index in [1.807, 2.05) is 11.0 Å². The zero-order valence-electron chi connectivity index (χ0n) is 21.4. The van der Waals surface area contributed by atoms with Crippen molar-refractivity contribution in [3.63, 3.8) is 0 Å². The van der Waals surface area contributed by atoms with Crippen LogP contribution in [-0.4, -0.2) is 68.8 Å². The molecule has 196 valence electrons. The van der Waals surface area contributed by atoms with Crippen LogP contribution < -0.4 is 5.73 Å². The van der Waals surface area contributed by atoms with Crippen LogP contribution >= 0.6 is 0 Å². The van der Waals surface area contributed by atoms with Gasteiger partial charge in [0.25, 0.3) is 5.91 Å². The van der Waals surface area contributed by atoms with Crippen molar-refractivity contribution in [2.75, 3.05) is 5.73 Å². The Hall–Kier alpha value is -4.19. The number of aromatic amines is 1. The van der Waals surface area contributed by atoms with E-state index in [0.29, 0.717) is 41.1 Å². The predicted molar refractivity (Wildman–Crippen MR) is 137 cm³/mol. The lowest BCUT2D eigenvalue weighted by Gasteiger charge is -2.39. The molecule has 0 aromatic carbocycles. The van der Waals surface area contributed by atoms with Crippen molar-refractivity contribution in [2.45, 2.75) is 70.1 Å². The maximum atomic E-state index is 13.1. The number of pyridine rings is 1. The number of aromatic nitrogens is 7. The van der Waals surface area contributed by atoms with Gasteiger partial charge in [0.15, 0.2) is 11.4 Å². The molecular weight excluding hydrogens is 486 g/mol. The number of amides is 1. The second kappa shape index (κ2) is 8.69. The molecule has 0 radical (unpaired) electrons. The molecule has 2 aliphatic rings. The van der Waals surface area contributed by atoms with E-state index < -0.39 is 5.60 Å². The van der Waals surface area contributed by atoms with E-state index in [2.05, 4.69) is 25.5 Å². The third-order valence-corrected chi connectivity index (χ3v) is 7.76. The second-order valence-corrected chi connectivity index (χ2v) is 10.7. The van der Waals surface area contributed by atoms with Crippen molar-refractivity contribution in [3.05, 3.63) is 53.4 Å². The van der Waals surface area contributed by atoms with Crippen LogP contribution in [0.5, 0.6) is 0 Å². The molecule has 1 amide bonds. The van der Waals surface area contributed by atoms with E-state index in [9.17, 15) is 14.7 Å². The number of rotatable bonds is 5. The van der Waals surface area contributed by atoms with Crippen molar-refractivity contribution in [1.29, 1.82) is 0 Å². The summed E-state index contributed by atoms with van der Waals surface area (Å²) in [6.07, 6.45) is 7.92. The van der Waals surface area contributed by atoms with Gasteiger partial charge < -0.3 is 15.7 Å². The number of carbonyl (C=O) groups is 2. The molecule has 38 heavy (non-hydrogen) atoms. The van der Waals surface area contributed by atoms with Crippen LogP contribution in [0.3, 0.4) is 0 Å². The topological polar surface area (TPSA) is 168 Å². The third kappa shape index (κ3) is 3.83. The SMILES string of the molecule is CC(=O)c1c(C2CC3CCC(C2)N3C(=O)c2cnn[nH]2)nc2c(-c3ccc(C(C)(C)O)nc3)cnn2c1N. The van der Waals surface area contributed by atoms with Crippen LogP contribution in [0.15, 0.2) is 30.7 Å². The first-order valence-electron chi connectivity index (χ1n) is 12.7. The average Bonchev–Trinajstić information content (AvgIpc) is 3.61. The predicted octanol–water partition coefficient (Wildman–Crippen LogP) is 2.47. The Morgan fingerprint density at radius 3 is 2.45 bits per heavy atom. The van der Waals surface area contributed by atoms with Gasteiger partial charge in [-0.25, -0.2) is 4.98 Å². The quantitative estimate of drug-likeness (QED) is 0.338. The highest BCUT2D eigenvalue weighted by atomic mass is 16.3. The van der Waals surface area contributed by atoms with Gasteiger partial charge in [-0.2, -0.15) is 9.61 Å². The molecule has 2 aliphatic heterocycles. The van der Waals surface area contributed by atoms with E-state index in [1.54, 1.807) is 32.3 Å². The van der Waals surface area contributed by atoms with E-state index in [-0.39, 0.29) is 35.5 Å². The summed E-state index contributed by atoms with van der Waals surface area (Å²) >= 11 is 0. The second-order valence-electron chi connectivity index (χ2n) is 10.7. The summed E-state index contributed by atoms with van der Waals surface area (Å²) in [5.41, 5.74) is 9.46. The minimum atomic E-state index is -1.06. The maximum absolute atomic E-state index is 13.1. The van der Waals surface area contributed by atoms with Crippen molar-refractivity contribution in [1.82, 2.24) is 39.9 Å². The lowest BCUT2D eigenvalue weighted by atomic mass is 9.85. The fourth-order valence-electron chi connectivity index (χ4n) is 5.98. The average molecular weight is 516 g/mol. The first kappa shape index (κ1) is 24.2. The van der Waals surface area contributed by atoms with Crippen LogP contribution in [0.4, 0.5) is 5.82 Å². The number of H-pyrrole nitrogens is 1. The number of nitrogens with zero attached hydrogens (tertiary/aromatic N) is 7. The summed E-state index contributed by atoms with van der Waals surface area (Å²) in [7, 11) is 0. The van der Waals surface area contributed by atoms with E-state index in [4.69, 9.17) is 10.7 Å². The maximum Gasteiger partial charge on any atom is 0.274 e. The summed E-state index contributed by atoms with van der Waals surface area (Å²) in [5, 5.41) is 24.8. The molecule has 0 spiro atoms. The highest BCUT2D eigenvalue weighted by Crippen LogP contribution is 2.45. The summed E-state index contributed by atoms with van der Waals surface area (Å²) in [6.45, 7) is 4.85. The molecule has 12 nitrogen and oxygen atoms in total. The third-order valence-electron chi connectivity index (χ3n) is 7.76. The number of carbonyl (C=O) groups excluding carboxylic acids is 2. The number of hydrogen-bond donors (Lipinski definition) is 3. The molecule has 6 rings (SSSR count). The minimum Gasteiger partial charge on any atom is -0.384 e. The van der Waals surface area contributed by atoms with Gasteiger partial charge in [-0.15, -0.1) is 5.10 Å². The van der Waals surface area contributed by atoms with E-state index >= 15 is 0 Å². The molecule has 12 heteroatoms. The molecule has 4 N–H and O–H groups in total. The summed E-state index contributed by atoms with van der Waals surface area (Å²) < 4.78 is 1.50. The number of ketones is 1. The monoisotopic (exact) mass is 515 g/mol. The molecule has 6 heterocycles. The Morgan fingerprint density at radius 2 is 1.87 bits per heavy atom. The molecule has 0 saturated carbocycles. The zero-order valence-corrected chi connectivity index (χ0v) is 21.4. The molecule has 2 unspecified atom stereocenters. The number of hydrogen-bond acceptors (Lipinski definition) is 9. The number of fused-ring (bicyclic) bond motifs is 3. The van der Waals surface area contributed by atoms with Gasteiger partial charge in [0.05, 0.1) is 29.3 Å². The molecule has 4 aromatic rings. The Balaban J connectivity index is 1.39. The Kier molecular flexibility index (Phi) is 5.53. The standard InChI is InChI=1S/C26H29N9O3/c1-13(36)21-22(15-8-16-5-6-17(9-15)34(16)25(37)19-12-29-33-32-19)31-24-18(11-30-35(24)23(21)27)14-4-7-20(28-10-14)26(2,3)38/h4,7,10-12,15-17,38H,5-6,8-9,27H2,1-3H3,(H,29,32,33). The lowest BCUT2D eigenvalue weighted by Crippen LogP contribution is -2.46. The normalized spacial score (nSPS) is 21.3. The molecule has 4 aromatic heterocycles. The molecular formula is C26H29N9O3. The van der Waals surface area contributed by atoms with Gasteiger partial charge >= 0.3 is 0 Å². The van der Waals surface area contributed by atoms with Crippen LogP contribution in [0.2, 0.25) is 0 Å². The van der Waals surface area contributed by atoms with Crippen molar-refractivity contribution < 1.29 is 14.7 Å². The number of nitrogens with one attached hydrogen (secondary N) is 1. The van der Waals surface area contributed by atoms with Gasteiger partial charge in [-0.3, -0.25) is 19.7 Å². The Morgan fingerprint density at radius 1 is 1.13 bits per heavy atom. The van der Waals surface area contributed by atoms with Crippen molar-refractivity contribution >= 4 is 23.2 Å². The van der Waals surface area contributed by atoms with Gasteiger partial charge in [-0.1, -0.05) is 11.3 Å². The fraction of sp³-hybridized carbons (Fsp3) is 0.423. The lowest BCUT2D eigenvalue weighted by molar-refractivity contribution is 0.0562. The highest BCUT2D eigenvalue weighted by Gasteiger charge is 2.45. The summed E-state index contributed by atoms with van der Waals surface area (Å²) in [4.78, 5) is 37.3. The molecule has 2 saturated heterocycles. The highest BCUT2D eigenvalue weighted by molar-refractivity contribution is 6.00. The van der Waals surface area contributed by atoms with E-state index in [0.717, 1.165) is 24.0 Å². The zero-order chi connectivity index (χ0) is 26.8. The summed E-state index contributed by atoms with van der Waals surface area (Å²) in [5.74, 6) is -0.0643. The van der Waals surface area contributed by atoms with Crippen LogP contribution in [0.1, 0.15) is 84.6 Å². The molecule has 2 atom stereocenters. The van der Waals surface area contributed by atoms with Gasteiger partial charge in [0.1, 0.15) is 17.1 Å². The molecule has 2 fully saturated rings. The number of aliphatic hydroxyl groups is 1. The number of anilines is 1. The largest absolute Gasteiger partial charge is 0.384 e. The van der Waals surface area contributed by atoms with Crippen LogP contribution in [-0.2, 0) is 5.60 Å². The number of nitrogens with two attached hydrogens (primary N) is 1. The van der Waals surface area contributed by atoms with Crippen molar-refractivity contribution in [3.8, 4) is 11.1 Å². The van der Waals surface area contributed by atoms with Crippen molar-refractivity contribution in [2.24, 2.45) is 0 Å². The van der Waals surface area contributed by atoms with Gasteiger partial charge in [-0.05, 0) is 52.5 Å². The summed E-state index contributed by atoms with van der Waals surface area (Å²) in [6, 6.07) is 3.68. The molecule has 2 bridgehead atoms. The van der Waals surface area contributed by atoms with E-state index in [1.165, 1.54) is 17.6 Å². The Bertz CT molecular complexity index is 1520. The number of piperidine rings is 1. The smallest absolute Gasteiger partial charge is 0.274 e. The first-order chi connectivity index (χ1) is 18.1. The van der Waals surface area contributed by atoms with Crippen LogP contribution in [0, 0.1) is 0 Å². The Labute approximate surface area is 218 Å². The number of nitrogen functional groups attached to an aromatic ring is 1. The number of Topliss-reactive ketones (excluding diaryl/α,β-unsaturated/α-hetero) is 1. The van der Waals surface area contributed by atoms with Crippen LogP contribution in [0.25, 0.3) is 16.8 Å². The fourth-order valence-corrected chi connectivity index (χ4v) is 5.98. The minimum absolute atomic E-state index is 0.0246. The van der Waals surface area contributed by atoms with Gasteiger partial charge in [0, 0.05) is 35.3 Å². The van der Waals surface area contributed by atoms with Gasteiger partial charge in [0.2, 0.25) is 0 Å². The first-order valence-corrected chi connectivity index (χ1v) is 12.7.